The first-order valence-corrected chi connectivity index (χ1v) is 11.2. The SMILES string of the molecule is COC(=O)[C@H]1Cc2ccccc2CN1C(=O)CSc1nnc(C2CC2)n1C1CC1. The number of fused-ring (bicyclic) bond motifs is 1. The number of hydrogen-bond donors (Lipinski definition) is 0. The number of aromatic nitrogens is 3. The molecule has 2 aliphatic carbocycles. The van der Waals surface area contributed by atoms with Crippen molar-refractivity contribution in [3.63, 3.8) is 0 Å². The van der Waals surface area contributed by atoms with Crippen molar-refractivity contribution >= 4 is 23.6 Å². The van der Waals surface area contributed by atoms with Crippen LogP contribution in [0.4, 0.5) is 0 Å². The summed E-state index contributed by atoms with van der Waals surface area (Å²) in [7, 11) is 1.37. The van der Waals surface area contributed by atoms with E-state index >= 15 is 0 Å². The second-order valence-electron chi connectivity index (χ2n) is 8.04. The summed E-state index contributed by atoms with van der Waals surface area (Å²) in [6.45, 7) is 0.429. The molecule has 0 N–H and O–H groups in total. The Morgan fingerprint density at radius 3 is 2.59 bits per heavy atom. The van der Waals surface area contributed by atoms with Gasteiger partial charge >= 0.3 is 5.97 Å². The van der Waals surface area contributed by atoms with Gasteiger partial charge in [0.1, 0.15) is 11.9 Å². The Bertz CT molecular complexity index is 951. The highest BCUT2D eigenvalue weighted by Crippen LogP contribution is 2.46. The monoisotopic (exact) mass is 412 g/mol. The molecule has 0 unspecified atom stereocenters. The highest BCUT2D eigenvalue weighted by atomic mass is 32.2. The normalized spacial score (nSPS) is 21.0. The number of rotatable bonds is 6. The summed E-state index contributed by atoms with van der Waals surface area (Å²) in [5, 5.41) is 9.61. The first-order chi connectivity index (χ1) is 14.2. The van der Waals surface area contributed by atoms with Crippen molar-refractivity contribution in [1.29, 1.82) is 0 Å². The third kappa shape index (κ3) is 3.66. The van der Waals surface area contributed by atoms with Crippen LogP contribution in [0.2, 0.25) is 0 Å². The van der Waals surface area contributed by atoms with E-state index in [1.54, 1.807) is 4.90 Å². The Labute approximate surface area is 173 Å². The molecule has 2 saturated carbocycles. The van der Waals surface area contributed by atoms with Gasteiger partial charge in [-0.3, -0.25) is 4.79 Å². The molecule has 2 fully saturated rings. The first-order valence-electron chi connectivity index (χ1n) is 10.2. The van der Waals surface area contributed by atoms with E-state index in [4.69, 9.17) is 4.74 Å². The van der Waals surface area contributed by atoms with E-state index in [0.717, 1.165) is 34.9 Å². The van der Waals surface area contributed by atoms with Crippen molar-refractivity contribution in [1.82, 2.24) is 19.7 Å². The summed E-state index contributed by atoms with van der Waals surface area (Å²) in [6, 6.07) is 7.87. The van der Waals surface area contributed by atoms with Gasteiger partial charge in [0.15, 0.2) is 5.16 Å². The zero-order valence-corrected chi connectivity index (χ0v) is 17.2. The highest BCUT2D eigenvalue weighted by Gasteiger charge is 2.38. The van der Waals surface area contributed by atoms with Crippen molar-refractivity contribution in [2.75, 3.05) is 12.9 Å². The number of esters is 1. The van der Waals surface area contributed by atoms with Crippen LogP contribution in [0.3, 0.4) is 0 Å². The average molecular weight is 413 g/mol. The molecule has 1 aliphatic heterocycles. The number of hydrogen-bond acceptors (Lipinski definition) is 6. The highest BCUT2D eigenvalue weighted by molar-refractivity contribution is 7.99. The van der Waals surface area contributed by atoms with Crippen molar-refractivity contribution < 1.29 is 14.3 Å². The van der Waals surface area contributed by atoms with Crippen molar-refractivity contribution in [2.24, 2.45) is 0 Å². The van der Waals surface area contributed by atoms with Crippen LogP contribution in [0, 0.1) is 0 Å². The summed E-state index contributed by atoms with van der Waals surface area (Å²) in [4.78, 5) is 27.1. The molecule has 0 radical (unpaired) electrons. The zero-order chi connectivity index (χ0) is 20.0. The summed E-state index contributed by atoms with van der Waals surface area (Å²) >= 11 is 1.43. The lowest BCUT2D eigenvalue weighted by atomic mass is 9.94. The number of methoxy groups -OCH3 is 1. The van der Waals surface area contributed by atoms with Crippen LogP contribution < -0.4 is 0 Å². The Morgan fingerprint density at radius 2 is 1.90 bits per heavy atom. The quantitative estimate of drug-likeness (QED) is 0.536. The van der Waals surface area contributed by atoms with Crippen LogP contribution in [0.1, 0.15) is 54.6 Å². The van der Waals surface area contributed by atoms with Gasteiger partial charge in [0.2, 0.25) is 5.91 Å². The van der Waals surface area contributed by atoms with Crippen LogP contribution in [0.5, 0.6) is 0 Å². The lowest BCUT2D eigenvalue weighted by Crippen LogP contribution is -2.49. The Hall–Kier alpha value is -2.35. The molecule has 1 atom stereocenters. The third-order valence-corrected chi connectivity index (χ3v) is 6.84. The number of carbonyl (C=O) groups excluding carboxylic acids is 2. The minimum absolute atomic E-state index is 0.0711. The van der Waals surface area contributed by atoms with Gasteiger partial charge in [-0.2, -0.15) is 0 Å². The van der Waals surface area contributed by atoms with Crippen LogP contribution in [-0.2, 0) is 27.3 Å². The predicted octanol–water partition coefficient (Wildman–Crippen LogP) is 2.71. The van der Waals surface area contributed by atoms with Crippen molar-refractivity contribution in [3.05, 3.63) is 41.2 Å². The molecular formula is C21H24N4O3S. The summed E-state index contributed by atoms with van der Waals surface area (Å²) < 4.78 is 7.23. The van der Waals surface area contributed by atoms with Gasteiger partial charge in [0.05, 0.1) is 12.9 Å². The minimum Gasteiger partial charge on any atom is -0.467 e. The van der Waals surface area contributed by atoms with Crippen LogP contribution in [0.15, 0.2) is 29.4 Å². The number of carbonyl (C=O) groups is 2. The average Bonchev–Trinajstić information content (AvgIpc) is 3.69. The molecule has 0 spiro atoms. The predicted molar refractivity (Wildman–Crippen MR) is 107 cm³/mol. The number of amides is 1. The molecule has 0 saturated heterocycles. The van der Waals surface area contributed by atoms with Crippen LogP contribution in [0.25, 0.3) is 0 Å². The van der Waals surface area contributed by atoms with Crippen molar-refractivity contribution in [3.8, 4) is 0 Å². The standard InChI is InChI=1S/C21H24N4O3S/c1-28-20(27)17-10-14-4-2-3-5-15(14)11-24(17)18(26)12-29-21-23-22-19(13-6-7-13)25(21)16-8-9-16/h2-5,13,16-17H,6-12H2,1H3/t17-/m1/s1. The fraction of sp³-hybridized carbons (Fsp3) is 0.524. The van der Waals surface area contributed by atoms with Gasteiger partial charge in [-0.1, -0.05) is 36.0 Å². The van der Waals surface area contributed by atoms with Gasteiger partial charge in [0, 0.05) is 24.9 Å². The number of benzene rings is 1. The summed E-state index contributed by atoms with van der Waals surface area (Å²) in [6.07, 6.45) is 5.17. The topological polar surface area (TPSA) is 77.3 Å². The molecule has 2 aromatic rings. The van der Waals surface area contributed by atoms with E-state index in [2.05, 4.69) is 14.8 Å². The van der Waals surface area contributed by atoms with Gasteiger partial charge in [-0.25, -0.2) is 4.79 Å². The number of thioether (sulfide) groups is 1. The molecule has 1 aromatic carbocycles. The second-order valence-corrected chi connectivity index (χ2v) is 8.98. The van der Waals surface area contributed by atoms with E-state index in [1.165, 1.54) is 31.7 Å². The van der Waals surface area contributed by atoms with Gasteiger partial charge < -0.3 is 14.2 Å². The Morgan fingerprint density at radius 1 is 1.14 bits per heavy atom. The fourth-order valence-electron chi connectivity index (χ4n) is 4.02. The van der Waals surface area contributed by atoms with Crippen LogP contribution in [-0.4, -0.2) is 50.4 Å². The maximum atomic E-state index is 13.1. The molecule has 0 bridgehead atoms. The fourth-order valence-corrected chi connectivity index (χ4v) is 4.92. The van der Waals surface area contributed by atoms with E-state index in [-0.39, 0.29) is 17.6 Å². The van der Waals surface area contributed by atoms with Gasteiger partial charge in [-0.15, -0.1) is 10.2 Å². The van der Waals surface area contributed by atoms with Crippen LogP contribution >= 0.6 is 11.8 Å². The summed E-state index contributed by atoms with van der Waals surface area (Å²) in [5.41, 5.74) is 2.19. The Kier molecular flexibility index (Phi) is 4.81. The lowest BCUT2D eigenvalue weighted by Gasteiger charge is -2.35. The molecule has 5 rings (SSSR count). The maximum Gasteiger partial charge on any atom is 0.328 e. The molecule has 152 valence electrons. The lowest BCUT2D eigenvalue weighted by molar-refractivity contribution is -0.153. The van der Waals surface area contributed by atoms with E-state index in [0.29, 0.717) is 24.9 Å². The molecule has 1 aromatic heterocycles. The molecule has 3 aliphatic rings. The molecule has 29 heavy (non-hydrogen) atoms. The zero-order valence-electron chi connectivity index (χ0n) is 16.4. The van der Waals surface area contributed by atoms with Gasteiger partial charge in [0.25, 0.3) is 0 Å². The molecular weight excluding hydrogens is 388 g/mol. The largest absolute Gasteiger partial charge is 0.467 e. The number of nitrogens with zero attached hydrogens (tertiary/aromatic N) is 4. The third-order valence-electron chi connectivity index (χ3n) is 5.91. The van der Waals surface area contributed by atoms with E-state index in [9.17, 15) is 9.59 Å². The molecule has 1 amide bonds. The first kappa shape index (κ1) is 18.7. The van der Waals surface area contributed by atoms with E-state index < -0.39 is 6.04 Å². The van der Waals surface area contributed by atoms with Crippen molar-refractivity contribution in [2.45, 2.75) is 61.8 Å². The molecule has 7 nitrogen and oxygen atoms in total. The molecule has 8 heteroatoms. The molecule has 2 heterocycles. The van der Waals surface area contributed by atoms with E-state index in [1.807, 2.05) is 24.3 Å². The number of ether oxygens (including phenoxy) is 1. The minimum atomic E-state index is -0.577. The maximum absolute atomic E-state index is 13.1. The second kappa shape index (κ2) is 7.48. The van der Waals surface area contributed by atoms with Gasteiger partial charge in [-0.05, 0) is 36.8 Å². The summed E-state index contributed by atoms with van der Waals surface area (Å²) in [5.74, 6) is 1.43. The Balaban J connectivity index is 1.33. The smallest absolute Gasteiger partial charge is 0.328 e.